The maximum absolute atomic E-state index is 13.8. The van der Waals surface area contributed by atoms with Crippen molar-refractivity contribution >= 4 is 23.2 Å². The third-order valence-electron chi connectivity index (χ3n) is 6.74. The Morgan fingerprint density at radius 2 is 1.59 bits per heavy atom. The molecule has 3 aromatic carbocycles. The molecule has 8 nitrogen and oxygen atoms in total. The second-order valence-corrected chi connectivity index (χ2v) is 8.98. The van der Waals surface area contributed by atoms with Gasteiger partial charge in [-0.25, -0.2) is 9.96 Å². The van der Waals surface area contributed by atoms with Gasteiger partial charge in [-0.3, -0.25) is 14.4 Å². The number of hydroxylamine groups is 1. The molecule has 2 saturated heterocycles. The van der Waals surface area contributed by atoms with Gasteiger partial charge in [0.2, 0.25) is 5.91 Å². The lowest BCUT2D eigenvalue weighted by Crippen LogP contribution is -2.37. The fourth-order valence-electron chi connectivity index (χ4n) is 4.85. The maximum atomic E-state index is 13.8. The summed E-state index contributed by atoms with van der Waals surface area (Å²) < 4.78 is 16.8. The van der Waals surface area contributed by atoms with E-state index in [9.17, 15) is 9.59 Å². The van der Waals surface area contributed by atoms with Crippen LogP contribution in [0.5, 0.6) is 17.2 Å². The lowest BCUT2D eigenvalue weighted by molar-refractivity contribution is -0.126. The molecule has 8 heteroatoms. The van der Waals surface area contributed by atoms with E-state index in [1.165, 1.54) is 4.90 Å². The number of fused-ring (bicyclic) bond motifs is 1. The molecule has 0 spiro atoms. The molecule has 37 heavy (non-hydrogen) atoms. The van der Waals surface area contributed by atoms with Crippen molar-refractivity contribution in [1.82, 2.24) is 0 Å². The molecule has 0 radical (unpaired) electrons. The highest BCUT2D eigenvalue weighted by Crippen LogP contribution is 2.48. The van der Waals surface area contributed by atoms with Crippen LogP contribution in [0.4, 0.5) is 11.4 Å². The molecule has 3 aromatic rings. The van der Waals surface area contributed by atoms with E-state index < -0.39 is 24.0 Å². The third-order valence-corrected chi connectivity index (χ3v) is 6.74. The number of methoxy groups -OCH3 is 2. The number of imide groups is 1. The predicted molar refractivity (Wildman–Crippen MR) is 139 cm³/mol. The van der Waals surface area contributed by atoms with Crippen LogP contribution in [0.2, 0.25) is 0 Å². The molecule has 2 aliphatic rings. The summed E-state index contributed by atoms with van der Waals surface area (Å²) in [4.78, 5) is 34.8. The number of carbonyl (C=O) groups excluding carboxylic acids is 2. The molecule has 0 bridgehead atoms. The molecule has 2 fully saturated rings. The van der Waals surface area contributed by atoms with Crippen LogP contribution in [0.3, 0.4) is 0 Å². The van der Waals surface area contributed by atoms with Crippen LogP contribution < -0.4 is 24.2 Å². The Balaban J connectivity index is 1.53. The van der Waals surface area contributed by atoms with Gasteiger partial charge in [0.15, 0.2) is 17.6 Å². The lowest BCUT2D eigenvalue weighted by atomic mass is 9.90. The molecular formula is C29H30N2O6. The Kier molecular flexibility index (Phi) is 7.01. The zero-order chi connectivity index (χ0) is 25.9. The van der Waals surface area contributed by atoms with Gasteiger partial charge in [-0.1, -0.05) is 37.6 Å². The van der Waals surface area contributed by atoms with Crippen molar-refractivity contribution in [3.8, 4) is 17.2 Å². The Morgan fingerprint density at radius 1 is 0.838 bits per heavy atom. The minimum absolute atomic E-state index is 0.314. The van der Waals surface area contributed by atoms with Crippen LogP contribution in [0.15, 0.2) is 72.8 Å². The summed E-state index contributed by atoms with van der Waals surface area (Å²) in [6, 6.07) is 21.4. The first kappa shape index (κ1) is 24.6. The van der Waals surface area contributed by atoms with Crippen molar-refractivity contribution < 1.29 is 28.6 Å². The Bertz CT molecular complexity index is 1260. The monoisotopic (exact) mass is 502 g/mol. The fraction of sp³-hybridized carbons (Fsp3) is 0.310. The number of unbranched alkanes of at least 4 members (excludes halogenated alkanes) is 1. The van der Waals surface area contributed by atoms with Crippen LogP contribution in [-0.4, -0.2) is 38.7 Å². The molecule has 5 rings (SSSR count). The van der Waals surface area contributed by atoms with Gasteiger partial charge in [0.05, 0.1) is 38.2 Å². The van der Waals surface area contributed by atoms with Crippen molar-refractivity contribution in [2.45, 2.75) is 31.9 Å². The summed E-state index contributed by atoms with van der Waals surface area (Å²) in [7, 11) is 3.15. The second-order valence-electron chi connectivity index (χ2n) is 8.98. The predicted octanol–water partition coefficient (Wildman–Crippen LogP) is 4.93. The summed E-state index contributed by atoms with van der Waals surface area (Å²) in [5, 5.41) is 1.67. The molecular weight excluding hydrogens is 472 g/mol. The molecule has 192 valence electrons. The van der Waals surface area contributed by atoms with E-state index in [2.05, 4.69) is 6.92 Å². The molecule has 3 atom stereocenters. The summed E-state index contributed by atoms with van der Waals surface area (Å²) in [6.45, 7) is 2.69. The molecule has 2 aliphatic heterocycles. The van der Waals surface area contributed by atoms with Crippen molar-refractivity contribution in [2.24, 2.45) is 5.92 Å². The Morgan fingerprint density at radius 3 is 2.27 bits per heavy atom. The smallest absolute Gasteiger partial charge is 0.266 e. The van der Waals surface area contributed by atoms with E-state index >= 15 is 0 Å². The Labute approximate surface area is 216 Å². The second kappa shape index (κ2) is 10.5. The normalized spacial score (nSPS) is 20.8. The number of nitrogens with zero attached hydrogens (tertiary/aromatic N) is 2. The maximum Gasteiger partial charge on any atom is 0.266 e. The molecule has 0 aromatic heterocycles. The lowest BCUT2D eigenvalue weighted by Gasteiger charge is -2.29. The van der Waals surface area contributed by atoms with E-state index in [0.717, 1.165) is 24.1 Å². The SMILES string of the molecule is CCCCOc1ccc([C@@H]2[C@H]3C(=O)N(c4ccc(OC)cc4)C(=O)[C@@H]3ON2c2ccccc2)cc1OC. The van der Waals surface area contributed by atoms with E-state index in [1.54, 1.807) is 43.5 Å². The number of anilines is 2. The zero-order valence-electron chi connectivity index (χ0n) is 21.1. The van der Waals surface area contributed by atoms with Crippen LogP contribution in [0.25, 0.3) is 0 Å². The van der Waals surface area contributed by atoms with E-state index in [1.807, 2.05) is 48.5 Å². The van der Waals surface area contributed by atoms with E-state index in [-0.39, 0.29) is 5.91 Å². The number of rotatable bonds is 9. The molecule has 0 unspecified atom stereocenters. The van der Waals surface area contributed by atoms with Gasteiger partial charge in [0.25, 0.3) is 5.91 Å². The summed E-state index contributed by atoms with van der Waals surface area (Å²) in [5.41, 5.74) is 2.02. The summed E-state index contributed by atoms with van der Waals surface area (Å²) in [5.74, 6) is 0.386. The van der Waals surface area contributed by atoms with Gasteiger partial charge in [-0.05, 0) is 60.5 Å². The average Bonchev–Trinajstić information content (AvgIpc) is 3.45. The van der Waals surface area contributed by atoms with Crippen molar-refractivity contribution in [3.63, 3.8) is 0 Å². The van der Waals surface area contributed by atoms with Crippen LogP contribution in [0.1, 0.15) is 31.4 Å². The summed E-state index contributed by atoms with van der Waals surface area (Å²) in [6.07, 6.45) is 1.01. The quantitative estimate of drug-likeness (QED) is 0.303. The Hall–Kier alpha value is -4.04. The van der Waals surface area contributed by atoms with Crippen molar-refractivity contribution in [1.29, 1.82) is 0 Å². The van der Waals surface area contributed by atoms with Crippen LogP contribution >= 0.6 is 0 Å². The molecule has 0 saturated carbocycles. The minimum Gasteiger partial charge on any atom is -0.497 e. The molecule has 0 N–H and O–H groups in total. The van der Waals surface area contributed by atoms with Crippen LogP contribution in [-0.2, 0) is 14.4 Å². The van der Waals surface area contributed by atoms with Gasteiger partial charge >= 0.3 is 0 Å². The van der Waals surface area contributed by atoms with Gasteiger partial charge in [-0.2, -0.15) is 0 Å². The van der Waals surface area contributed by atoms with Gasteiger partial charge in [0, 0.05) is 0 Å². The van der Waals surface area contributed by atoms with Crippen molar-refractivity contribution in [3.05, 3.63) is 78.4 Å². The fourth-order valence-corrected chi connectivity index (χ4v) is 4.85. The first-order chi connectivity index (χ1) is 18.1. The molecule has 0 aliphatic carbocycles. The number of hydrogen-bond donors (Lipinski definition) is 0. The topological polar surface area (TPSA) is 77.5 Å². The third kappa shape index (κ3) is 4.49. The minimum atomic E-state index is -0.953. The largest absolute Gasteiger partial charge is 0.497 e. The van der Waals surface area contributed by atoms with Gasteiger partial charge < -0.3 is 14.2 Å². The van der Waals surface area contributed by atoms with Crippen molar-refractivity contribution in [2.75, 3.05) is 30.8 Å². The number of ether oxygens (including phenoxy) is 3. The number of benzene rings is 3. The number of carbonyl (C=O) groups is 2. The standard InChI is InChI=1S/C29H30N2O6/c1-4-5-17-36-23-16-11-19(18-24(23)35-3)26-25-27(37-31(26)21-9-7-6-8-10-21)29(33)30(28(25)32)20-12-14-22(34-2)15-13-20/h6-16,18,25-27H,4-5,17H2,1-3H3/t25-,26-,27-/m1/s1. The number of para-hydroxylation sites is 1. The molecule has 2 heterocycles. The van der Waals surface area contributed by atoms with E-state index in [0.29, 0.717) is 29.5 Å². The highest BCUT2D eigenvalue weighted by Gasteiger charge is 2.60. The summed E-state index contributed by atoms with van der Waals surface area (Å²) >= 11 is 0. The van der Waals surface area contributed by atoms with Gasteiger partial charge in [-0.15, -0.1) is 0 Å². The first-order valence-corrected chi connectivity index (χ1v) is 12.4. The highest BCUT2D eigenvalue weighted by atomic mass is 16.7. The van der Waals surface area contributed by atoms with E-state index in [4.69, 9.17) is 19.0 Å². The number of amides is 2. The highest BCUT2D eigenvalue weighted by molar-refractivity contribution is 6.23. The zero-order valence-corrected chi connectivity index (χ0v) is 21.1. The first-order valence-electron chi connectivity index (χ1n) is 12.4. The van der Waals surface area contributed by atoms with Crippen LogP contribution in [0, 0.1) is 5.92 Å². The van der Waals surface area contributed by atoms with Gasteiger partial charge in [0.1, 0.15) is 11.7 Å². The number of hydrogen-bond acceptors (Lipinski definition) is 7. The molecule has 2 amide bonds. The average molecular weight is 503 g/mol.